The monoisotopic (exact) mass is 280 g/mol. The fraction of sp³-hybridized carbons (Fsp3) is 0. The Hall–Kier alpha value is -1.86. The number of hydrogen-bond donors (Lipinski definition) is 2. The Bertz CT molecular complexity index is 610. The third kappa shape index (κ3) is 2.69. The summed E-state index contributed by atoms with van der Waals surface area (Å²) in [5.41, 5.74) is 5.56. The predicted molar refractivity (Wildman–Crippen MR) is 68.2 cm³/mol. The van der Waals surface area contributed by atoms with Crippen molar-refractivity contribution >= 4 is 35.0 Å². The molecule has 2 aromatic rings. The molecule has 0 aromatic carbocycles. The summed E-state index contributed by atoms with van der Waals surface area (Å²) in [6.45, 7) is 0. The Morgan fingerprint density at radius 2 is 2.22 bits per heavy atom. The van der Waals surface area contributed by atoms with Crippen LogP contribution in [0.1, 0.15) is 20.0 Å². The number of amides is 1. The summed E-state index contributed by atoms with van der Waals surface area (Å²) in [5.74, 6) is -1.53. The molecular formula is C11H8N2O3S2. The standard InChI is InChI=1S/C11H8N2O3S2/c12-9(14)7-2-1-3-13-10(7)18-6-4-8(11(15)16)17-5-6/h1-5H,(H2,12,14)(H,15,16). The second kappa shape index (κ2) is 5.19. The van der Waals surface area contributed by atoms with Crippen LogP contribution in [0.5, 0.6) is 0 Å². The Kier molecular flexibility index (Phi) is 3.63. The van der Waals surface area contributed by atoms with Gasteiger partial charge in [-0.15, -0.1) is 11.3 Å². The molecule has 0 aliphatic rings. The molecule has 2 heterocycles. The molecule has 0 saturated heterocycles. The first-order valence-corrected chi connectivity index (χ1v) is 6.52. The number of primary amides is 1. The first-order valence-electron chi connectivity index (χ1n) is 4.82. The summed E-state index contributed by atoms with van der Waals surface area (Å²) in [4.78, 5) is 27.0. The predicted octanol–water partition coefficient (Wildman–Crippen LogP) is 2.09. The van der Waals surface area contributed by atoms with Gasteiger partial charge < -0.3 is 10.8 Å². The molecule has 7 heteroatoms. The van der Waals surface area contributed by atoms with Crippen LogP contribution in [-0.4, -0.2) is 22.0 Å². The summed E-state index contributed by atoms with van der Waals surface area (Å²) in [5, 5.41) is 11.0. The third-order valence-electron chi connectivity index (χ3n) is 2.04. The number of nitrogens with two attached hydrogens (primary N) is 1. The second-order valence-corrected chi connectivity index (χ2v) is 5.25. The Morgan fingerprint density at radius 3 is 2.83 bits per heavy atom. The first kappa shape index (κ1) is 12.6. The van der Waals surface area contributed by atoms with E-state index in [-0.39, 0.29) is 4.88 Å². The van der Waals surface area contributed by atoms with E-state index in [2.05, 4.69) is 4.98 Å². The molecule has 0 spiro atoms. The zero-order valence-electron chi connectivity index (χ0n) is 8.99. The van der Waals surface area contributed by atoms with Gasteiger partial charge >= 0.3 is 5.97 Å². The third-order valence-corrected chi connectivity index (χ3v) is 4.09. The van der Waals surface area contributed by atoms with Crippen LogP contribution in [0.25, 0.3) is 0 Å². The summed E-state index contributed by atoms with van der Waals surface area (Å²) in [6.07, 6.45) is 1.55. The quantitative estimate of drug-likeness (QED) is 0.894. The lowest BCUT2D eigenvalue weighted by atomic mass is 10.3. The Balaban J connectivity index is 2.28. The van der Waals surface area contributed by atoms with E-state index >= 15 is 0 Å². The van der Waals surface area contributed by atoms with Gasteiger partial charge in [-0.2, -0.15) is 0 Å². The fourth-order valence-electron chi connectivity index (χ4n) is 1.26. The minimum atomic E-state index is -0.969. The molecule has 1 amide bonds. The van der Waals surface area contributed by atoms with Gasteiger partial charge in [0.1, 0.15) is 9.90 Å². The number of aromatic carboxylic acids is 1. The maximum atomic E-state index is 11.2. The minimum absolute atomic E-state index is 0.244. The molecular weight excluding hydrogens is 272 g/mol. The van der Waals surface area contributed by atoms with Gasteiger partial charge in [0.05, 0.1) is 5.56 Å². The number of rotatable bonds is 4. The van der Waals surface area contributed by atoms with Crippen molar-refractivity contribution in [3.63, 3.8) is 0 Å². The van der Waals surface area contributed by atoms with Gasteiger partial charge in [-0.05, 0) is 18.2 Å². The summed E-state index contributed by atoms with van der Waals surface area (Å²) >= 11 is 2.34. The first-order chi connectivity index (χ1) is 8.58. The maximum Gasteiger partial charge on any atom is 0.345 e. The average molecular weight is 280 g/mol. The Morgan fingerprint density at radius 1 is 1.44 bits per heavy atom. The highest BCUT2D eigenvalue weighted by atomic mass is 32.2. The van der Waals surface area contributed by atoms with E-state index in [0.29, 0.717) is 10.6 Å². The van der Waals surface area contributed by atoms with Crippen molar-refractivity contribution in [2.45, 2.75) is 9.92 Å². The normalized spacial score (nSPS) is 10.2. The van der Waals surface area contributed by atoms with Crippen LogP contribution in [0.15, 0.2) is 39.7 Å². The Labute approximate surface area is 111 Å². The van der Waals surface area contributed by atoms with Gasteiger partial charge in [-0.1, -0.05) is 11.8 Å². The van der Waals surface area contributed by atoms with Gasteiger partial charge in [0.15, 0.2) is 0 Å². The number of pyridine rings is 1. The topological polar surface area (TPSA) is 93.3 Å². The van der Waals surface area contributed by atoms with Crippen LogP contribution in [0.2, 0.25) is 0 Å². The number of carboxylic acids is 1. The molecule has 2 aromatic heterocycles. The van der Waals surface area contributed by atoms with E-state index in [1.807, 2.05) is 0 Å². The number of carbonyl (C=O) groups excluding carboxylic acids is 1. The van der Waals surface area contributed by atoms with Crippen LogP contribution in [0.3, 0.4) is 0 Å². The average Bonchev–Trinajstić information content (AvgIpc) is 2.78. The number of aromatic nitrogens is 1. The highest BCUT2D eigenvalue weighted by Crippen LogP contribution is 2.31. The molecule has 0 fully saturated rings. The summed E-state index contributed by atoms with van der Waals surface area (Å²) < 4.78 is 0. The molecule has 0 atom stereocenters. The van der Waals surface area contributed by atoms with Gasteiger partial charge in [0, 0.05) is 16.5 Å². The summed E-state index contributed by atoms with van der Waals surface area (Å²) in [7, 11) is 0. The minimum Gasteiger partial charge on any atom is -0.477 e. The van der Waals surface area contributed by atoms with Crippen LogP contribution in [0.4, 0.5) is 0 Å². The summed E-state index contributed by atoms with van der Waals surface area (Å²) in [6, 6.07) is 4.75. The van der Waals surface area contributed by atoms with Crippen molar-refractivity contribution in [3.05, 3.63) is 40.2 Å². The zero-order valence-corrected chi connectivity index (χ0v) is 10.6. The van der Waals surface area contributed by atoms with Gasteiger partial charge in [-0.25, -0.2) is 9.78 Å². The number of carbonyl (C=O) groups is 2. The highest BCUT2D eigenvalue weighted by molar-refractivity contribution is 7.99. The van der Waals surface area contributed by atoms with E-state index in [1.165, 1.54) is 17.8 Å². The van der Waals surface area contributed by atoms with Gasteiger partial charge in [0.2, 0.25) is 0 Å². The number of thiophene rings is 1. The second-order valence-electron chi connectivity index (χ2n) is 3.27. The maximum absolute atomic E-state index is 11.2. The lowest BCUT2D eigenvalue weighted by molar-refractivity contribution is 0.0701. The lowest BCUT2D eigenvalue weighted by Crippen LogP contribution is -2.12. The van der Waals surface area contributed by atoms with E-state index in [0.717, 1.165) is 16.2 Å². The van der Waals surface area contributed by atoms with Crippen molar-refractivity contribution in [2.75, 3.05) is 0 Å². The molecule has 0 bridgehead atoms. The molecule has 18 heavy (non-hydrogen) atoms. The molecule has 0 saturated carbocycles. The molecule has 92 valence electrons. The molecule has 0 aliphatic heterocycles. The smallest absolute Gasteiger partial charge is 0.345 e. The molecule has 0 aliphatic carbocycles. The van der Waals surface area contributed by atoms with Gasteiger partial charge in [-0.3, -0.25) is 4.79 Å². The van der Waals surface area contributed by atoms with Crippen LogP contribution in [0, 0.1) is 0 Å². The highest BCUT2D eigenvalue weighted by Gasteiger charge is 2.13. The van der Waals surface area contributed by atoms with Crippen LogP contribution < -0.4 is 5.73 Å². The van der Waals surface area contributed by atoms with Crippen molar-refractivity contribution in [2.24, 2.45) is 5.73 Å². The SMILES string of the molecule is NC(=O)c1cccnc1Sc1csc(C(=O)O)c1. The van der Waals surface area contributed by atoms with Crippen LogP contribution >= 0.6 is 23.1 Å². The van der Waals surface area contributed by atoms with Crippen molar-refractivity contribution < 1.29 is 14.7 Å². The van der Waals surface area contributed by atoms with E-state index in [4.69, 9.17) is 10.8 Å². The molecule has 0 unspecified atom stereocenters. The molecule has 3 N–H and O–H groups in total. The van der Waals surface area contributed by atoms with Crippen LogP contribution in [-0.2, 0) is 0 Å². The molecule has 2 rings (SSSR count). The number of hydrogen-bond acceptors (Lipinski definition) is 5. The lowest BCUT2D eigenvalue weighted by Gasteiger charge is -2.02. The van der Waals surface area contributed by atoms with Crippen molar-refractivity contribution in [3.8, 4) is 0 Å². The largest absolute Gasteiger partial charge is 0.477 e. The molecule has 0 radical (unpaired) electrons. The van der Waals surface area contributed by atoms with Crippen molar-refractivity contribution in [1.29, 1.82) is 0 Å². The van der Waals surface area contributed by atoms with E-state index in [1.54, 1.807) is 23.7 Å². The zero-order chi connectivity index (χ0) is 13.1. The number of nitrogens with zero attached hydrogens (tertiary/aromatic N) is 1. The fourth-order valence-corrected chi connectivity index (χ4v) is 3.07. The van der Waals surface area contributed by atoms with E-state index < -0.39 is 11.9 Å². The van der Waals surface area contributed by atoms with E-state index in [9.17, 15) is 9.59 Å². The number of carboxylic acid groups (broad SMARTS) is 1. The van der Waals surface area contributed by atoms with Crippen molar-refractivity contribution in [1.82, 2.24) is 4.98 Å². The van der Waals surface area contributed by atoms with Gasteiger partial charge in [0.25, 0.3) is 5.91 Å². The molecule has 5 nitrogen and oxygen atoms in total.